The monoisotopic (exact) mass is 295 g/mol. The normalized spacial score (nSPS) is 20.4. The van der Waals surface area contributed by atoms with Gasteiger partial charge in [0.1, 0.15) is 10.4 Å². The maximum absolute atomic E-state index is 12.8. The highest BCUT2D eigenvalue weighted by Crippen LogP contribution is 2.23. The minimum absolute atomic E-state index is 0.145. The summed E-state index contributed by atoms with van der Waals surface area (Å²) in [7, 11) is -4.81. The van der Waals surface area contributed by atoms with Gasteiger partial charge in [0.2, 0.25) is 11.9 Å². The molecule has 10 heteroatoms. The molecule has 1 saturated heterocycles. The topological polar surface area (TPSA) is 100 Å². The molecule has 18 heavy (non-hydrogen) atoms. The third kappa shape index (κ3) is 2.51. The molecule has 0 aliphatic carbocycles. The molecule has 1 aromatic rings. The van der Waals surface area contributed by atoms with Crippen LogP contribution in [0.25, 0.3) is 0 Å². The lowest BCUT2D eigenvalue weighted by Crippen LogP contribution is -2.30. The molecule has 2 rings (SSSR count). The van der Waals surface area contributed by atoms with Gasteiger partial charge in [-0.2, -0.15) is 8.42 Å². The molecule has 1 fully saturated rings. The Balaban J connectivity index is 2.35. The number of hydrogen-bond acceptors (Lipinski definition) is 5. The zero-order valence-electron chi connectivity index (χ0n) is 8.76. The largest absolute Gasteiger partial charge is 0.307 e. The number of hydrogen-bond donors (Lipinski definition) is 1. The zero-order valence-corrected chi connectivity index (χ0v) is 10.3. The third-order valence-electron chi connectivity index (χ3n) is 2.44. The molecule has 0 bridgehead atoms. The van der Waals surface area contributed by atoms with Gasteiger partial charge in [0.25, 0.3) is 5.56 Å². The van der Waals surface area contributed by atoms with Gasteiger partial charge < -0.3 is 0 Å². The van der Waals surface area contributed by atoms with E-state index in [2.05, 4.69) is 9.97 Å². The number of nitrogens with zero attached hydrogens (tertiary/aromatic N) is 2. The number of nitrogens with one attached hydrogen (secondary N) is 1. The number of anilines is 1. The lowest BCUT2D eigenvalue weighted by atomic mass is 10.4. The maximum Gasteiger partial charge on any atom is 0.307 e. The first kappa shape index (κ1) is 13.0. The number of rotatable bonds is 2. The van der Waals surface area contributed by atoms with E-state index in [0.717, 1.165) is 11.0 Å². The van der Waals surface area contributed by atoms with E-state index >= 15 is 0 Å². The first-order valence-corrected chi connectivity index (χ1v) is 6.60. The second kappa shape index (κ2) is 4.32. The van der Waals surface area contributed by atoms with Crippen molar-refractivity contribution in [1.29, 1.82) is 0 Å². The molecule has 1 unspecified atom stereocenters. The van der Waals surface area contributed by atoms with E-state index in [1.54, 1.807) is 0 Å². The molecule has 1 aliphatic heterocycles. The van der Waals surface area contributed by atoms with Crippen molar-refractivity contribution in [3.05, 3.63) is 21.6 Å². The summed E-state index contributed by atoms with van der Waals surface area (Å²) >= 11 is 5.54. The molecule has 0 saturated carbocycles. The summed E-state index contributed by atoms with van der Waals surface area (Å²) in [5.74, 6) is -0.838. The van der Waals surface area contributed by atoms with Crippen molar-refractivity contribution in [3.63, 3.8) is 0 Å². The number of amides is 1. The van der Waals surface area contributed by atoms with Crippen molar-refractivity contribution >= 4 is 33.7 Å². The summed E-state index contributed by atoms with van der Waals surface area (Å²) in [4.78, 5) is 29.5. The smallest absolute Gasteiger partial charge is 0.292 e. The van der Waals surface area contributed by atoms with E-state index in [9.17, 15) is 21.9 Å². The van der Waals surface area contributed by atoms with Gasteiger partial charge in [-0.05, 0) is 0 Å². The molecule has 1 atom stereocenters. The van der Waals surface area contributed by atoms with Crippen LogP contribution in [-0.4, -0.2) is 36.1 Å². The van der Waals surface area contributed by atoms with Crippen molar-refractivity contribution in [3.8, 4) is 0 Å². The SMILES string of the molecule is O=C1CC(S(=O)(=O)F)CN1c1nc(Cl)cc(=O)[nH]1. The number of halogens is 2. The average Bonchev–Trinajstić information content (AvgIpc) is 2.58. The van der Waals surface area contributed by atoms with Gasteiger partial charge in [-0.15, -0.1) is 3.89 Å². The highest BCUT2D eigenvalue weighted by molar-refractivity contribution is 7.87. The van der Waals surface area contributed by atoms with Crippen LogP contribution in [0.15, 0.2) is 10.9 Å². The van der Waals surface area contributed by atoms with Crippen LogP contribution in [0.2, 0.25) is 5.15 Å². The van der Waals surface area contributed by atoms with Crippen molar-refractivity contribution in [1.82, 2.24) is 9.97 Å². The average molecular weight is 296 g/mol. The predicted octanol–water partition coefficient (Wildman–Crippen LogP) is -0.172. The molecule has 7 nitrogen and oxygen atoms in total. The van der Waals surface area contributed by atoms with Gasteiger partial charge in [-0.25, -0.2) is 4.98 Å². The Morgan fingerprint density at radius 2 is 2.17 bits per heavy atom. The van der Waals surface area contributed by atoms with Crippen LogP contribution in [0, 0.1) is 0 Å². The highest BCUT2D eigenvalue weighted by Gasteiger charge is 2.40. The van der Waals surface area contributed by atoms with E-state index in [1.807, 2.05) is 0 Å². The minimum Gasteiger partial charge on any atom is -0.292 e. The van der Waals surface area contributed by atoms with Gasteiger partial charge in [0.15, 0.2) is 0 Å². The fourth-order valence-corrected chi connectivity index (χ4v) is 2.46. The Bertz CT molecular complexity index is 659. The van der Waals surface area contributed by atoms with Gasteiger partial charge in [0.05, 0.1) is 0 Å². The van der Waals surface area contributed by atoms with Crippen LogP contribution in [0.1, 0.15) is 6.42 Å². The van der Waals surface area contributed by atoms with Gasteiger partial charge >= 0.3 is 10.2 Å². The van der Waals surface area contributed by atoms with Crippen LogP contribution in [-0.2, 0) is 15.0 Å². The molecule has 0 radical (unpaired) electrons. The molecule has 0 aromatic carbocycles. The standard InChI is InChI=1S/C8H7ClFN3O4S/c9-5-2-6(14)12-8(11-5)13-3-4(1-7(13)15)18(10,16)17/h2,4H,1,3H2,(H,11,12,14). The van der Waals surface area contributed by atoms with E-state index in [4.69, 9.17) is 11.6 Å². The lowest BCUT2D eigenvalue weighted by molar-refractivity contribution is -0.117. The van der Waals surface area contributed by atoms with E-state index in [1.165, 1.54) is 0 Å². The fraction of sp³-hybridized carbons (Fsp3) is 0.375. The highest BCUT2D eigenvalue weighted by atomic mass is 35.5. The van der Waals surface area contributed by atoms with Crippen LogP contribution in [0.3, 0.4) is 0 Å². The Hall–Kier alpha value is -1.48. The third-order valence-corrected chi connectivity index (χ3v) is 3.75. The summed E-state index contributed by atoms with van der Waals surface area (Å²) in [5, 5.41) is -1.60. The van der Waals surface area contributed by atoms with Crippen molar-refractivity contribution in [2.75, 3.05) is 11.4 Å². The van der Waals surface area contributed by atoms with Crippen LogP contribution < -0.4 is 10.5 Å². The summed E-state index contributed by atoms with van der Waals surface area (Å²) < 4.78 is 34.2. The number of H-pyrrole nitrogens is 1. The van der Waals surface area contributed by atoms with E-state index in [0.29, 0.717) is 0 Å². The Kier molecular flexibility index (Phi) is 3.11. The predicted molar refractivity (Wildman–Crippen MR) is 60.7 cm³/mol. The van der Waals surface area contributed by atoms with Gasteiger partial charge in [-0.3, -0.25) is 19.5 Å². The molecule has 1 aromatic heterocycles. The van der Waals surface area contributed by atoms with Crippen molar-refractivity contribution in [2.45, 2.75) is 11.7 Å². The molecule has 98 valence electrons. The molecular formula is C8H7ClFN3O4S. The summed E-state index contributed by atoms with van der Waals surface area (Å²) in [6, 6.07) is 0.995. The first-order valence-electron chi connectivity index (χ1n) is 4.78. The molecule has 2 heterocycles. The number of carbonyl (C=O) groups excluding carboxylic acids is 1. The number of aromatic amines is 1. The second-order valence-electron chi connectivity index (χ2n) is 3.70. The van der Waals surface area contributed by atoms with Crippen LogP contribution >= 0.6 is 11.6 Å². The Morgan fingerprint density at radius 1 is 1.50 bits per heavy atom. The maximum atomic E-state index is 12.8. The summed E-state index contributed by atoms with van der Waals surface area (Å²) in [6.07, 6.45) is -0.491. The first-order chi connectivity index (χ1) is 8.27. The Morgan fingerprint density at radius 3 is 2.67 bits per heavy atom. The van der Waals surface area contributed by atoms with Crippen LogP contribution in [0.5, 0.6) is 0 Å². The molecular weight excluding hydrogens is 289 g/mol. The molecule has 0 spiro atoms. The number of carbonyl (C=O) groups is 1. The summed E-state index contributed by atoms with van der Waals surface area (Å²) in [6.45, 7) is -0.402. The van der Waals surface area contributed by atoms with Crippen LogP contribution in [0.4, 0.5) is 9.83 Å². The second-order valence-corrected chi connectivity index (χ2v) is 5.70. The Labute approximate surface area is 106 Å². The van der Waals surface area contributed by atoms with Gasteiger partial charge in [0, 0.05) is 19.0 Å². The fourth-order valence-electron chi connectivity index (χ4n) is 1.61. The lowest BCUT2D eigenvalue weighted by Gasteiger charge is -2.13. The van der Waals surface area contributed by atoms with Gasteiger partial charge in [-0.1, -0.05) is 11.6 Å². The summed E-state index contributed by atoms with van der Waals surface area (Å²) in [5.41, 5.74) is -0.593. The number of aromatic nitrogens is 2. The molecule has 1 N–H and O–H groups in total. The van der Waals surface area contributed by atoms with E-state index in [-0.39, 0.29) is 11.1 Å². The minimum atomic E-state index is -4.81. The van der Waals surface area contributed by atoms with Crippen molar-refractivity contribution < 1.29 is 17.1 Å². The zero-order chi connectivity index (χ0) is 13.5. The van der Waals surface area contributed by atoms with Crippen molar-refractivity contribution in [2.24, 2.45) is 0 Å². The molecule has 1 aliphatic rings. The molecule has 1 amide bonds. The van der Waals surface area contributed by atoms with E-state index < -0.39 is 39.9 Å². The quantitative estimate of drug-likeness (QED) is 0.603.